The molecule has 2 nitrogen and oxygen atoms in total. The van der Waals surface area contributed by atoms with E-state index in [1.54, 1.807) is 6.20 Å². The zero-order chi connectivity index (χ0) is 9.14. The quantitative estimate of drug-likeness (QED) is 0.673. The van der Waals surface area contributed by atoms with Crippen LogP contribution in [0.5, 0.6) is 0 Å². The van der Waals surface area contributed by atoms with Crippen LogP contribution in [0.25, 0.3) is 0 Å². The summed E-state index contributed by atoms with van der Waals surface area (Å²) < 4.78 is 1.09. The number of nitrogens with zero attached hydrogens (tertiary/aromatic N) is 1. The van der Waals surface area contributed by atoms with E-state index in [9.17, 15) is 0 Å². The molecule has 0 fully saturated rings. The fourth-order valence-corrected chi connectivity index (χ4v) is 2.23. The predicted molar refractivity (Wildman–Crippen MR) is 59.2 cm³/mol. The van der Waals surface area contributed by atoms with Gasteiger partial charge in [0.25, 0.3) is 0 Å². The molecule has 12 heavy (non-hydrogen) atoms. The van der Waals surface area contributed by atoms with Crippen molar-refractivity contribution >= 4 is 34.2 Å². The summed E-state index contributed by atoms with van der Waals surface area (Å²) in [6.45, 7) is 2.03. The Kier molecular flexibility index (Phi) is 3.74. The van der Waals surface area contributed by atoms with Crippen LogP contribution in [0.2, 0.25) is 5.15 Å². The van der Waals surface area contributed by atoms with Gasteiger partial charge in [-0.25, -0.2) is 4.98 Å². The summed E-state index contributed by atoms with van der Waals surface area (Å²) in [6, 6.07) is 1.91. The van der Waals surface area contributed by atoms with Crippen molar-refractivity contribution in [3.63, 3.8) is 0 Å². The molecule has 0 aliphatic rings. The van der Waals surface area contributed by atoms with Gasteiger partial charge in [-0.2, -0.15) is 0 Å². The lowest BCUT2D eigenvalue weighted by molar-refractivity contribution is 0.692. The summed E-state index contributed by atoms with van der Waals surface area (Å²) in [5, 5.41) is 0.524. The van der Waals surface area contributed by atoms with Crippen molar-refractivity contribution in [3.8, 4) is 0 Å². The van der Waals surface area contributed by atoms with Crippen molar-refractivity contribution in [1.29, 1.82) is 0 Å². The first-order chi connectivity index (χ1) is 5.66. The van der Waals surface area contributed by atoms with Gasteiger partial charge >= 0.3 is 0 Å². The lowest BCUT2D eigenvalue weighted by Crippen LogP contribution is -2.11. The first-order valence-electron chi connectivity index (χ1n) is 3.72. The Morgan fingerprint density at radius 1 is 1.75 bits per heavy atom. The number of nitrogens with two attached hydrogens (primary N) is 1. The zero-order valence-electron chi connectivity index (χ0n) is 6.72. The smallest absolute Gasteiger partial charge is 0.134 e. The molecule has 4 heteroatoms. The third-order valence-corrected chi connectivity index (χ3v) is 2.94. The van der Waals surface area contributed by atoms with Crippen LogP contribution in [0, 0.1) is 3.57 Å². The molecule has 0 saturated carbocycles. The molecule has 1 rings (SSSR count). The number of hydrogen-bond donors (Lipinski definition) is 1. The molecule has 1 heterocycles. The maximum atomic E-state index is 5.91. The van der Waals surface area contributed by atoms with Crippen molar-refractivity contribution in [2.24, 2.45) is 5.73 Å². The Morgan fingerprint density at radius 2 is 2.42 bits per heavy atom. The van der Waals surface area contributed by atoms with Crippen LogP contribution >= 0.6 is 34.2 Å². The van der Waals surface area contributed by atoms with E-state index in [-0.39, 0.29) is 6.04 Å². The van der Waals surface area contributed by atoms with Crippen molar-refractivity contribution in [2.75, 3.05) is 0 Å². The first-order valence-corrected chi connectivity index (χ1v) is 5.18. The van der Waals surface area contributed by atoms with E-state index in [0.29, 0.717) is 5.15 Å². The van der Waals surface area contributed by atoms with E-state index in [4.69, 9.17) is 17.3 Å². The molecular formula is C8H10ClIN2. The molecule has 0 saturated heterocycles. The van der Waals surface area contributed by atoms with E-state index >= 15 is 0 Å². The summed E-state index contributed by atoms with van der Waals surface area (Å²) >= 11 is 8.13. The Hall–Kier alpha value is 0.130. The molecule has 2 N–H and O–H groups in total. The lowest BCUT2D eigenvalue weighted by Gasteiger charge is -2.11. The van der Waals surface area contributed by atoms with Gasteiger partial charge in [0.05, 0.1) is 0 Å². The number of pyridine rings is 1. The van der Waals surface area contributed by atoms with Crippen LogP contribution in [0.1, 0.15) is 24.9 Å². The average Bonchev–Trinajstić information content (AvgIpc) is 2.03. The van der Waals surface area contributed by atoms with Crippen molar-refractivity contribution < 1.29 is 0 Å². The van der Waals surface area contributed by atoms with E-state index in [1.165, 1.54) is 0 Å². The summed E-state index contributed by atoms with van der Waals surface area (Å²) in [4.78, 5) is 3.99. The molecule has 1 atom stereocenters. The van der Waals surface area contributed by atoms with Crippen LogP contribution in [0.15, 0.2) is 12.3 Å². The van der Waals surface area contributed by atoms with Crippen LogP contribution in [0.4, 0.5) is 0 Å². The van der Waals surface area contributed by atoms with Gasteiger partial charge in [0.2, 0.25) is 0 Å². The summed E-state index contributed by atoms with van der Waals surface area (Å²) in [5.74, 6) is 0. The second kappa shape index (κ2) is 4.39. The molecule has 0 aromatic carbocycles. The highest BCUT2D eigenvalue weighted by atomic mass is 127. The molecule has 1 aromatic rings. The summed E-state index contributed by atoms with van der Waals surface area (Å²) in [7, 11) is 0. The molecule has 0 spiro atoms. The first kappa shape index (κ1) is 10.2. The van der Waals surface area contributed by atoms with Crippen molar-refractivity contribution in [1.82, 2.24) is 4.98 Å². The van der Waals surface area contributed by atoms with Gasteiger partial charge < -0.3 is 5.73 Å². The van der Waals surface area contributed by atoms with Gasteiger partial charge in [-0.3, -0.25) is 0 Å². The highest BCUT2D eigenvalue weighted by Gasteiger charge is 2.12. The van der Waals surface area contributed by atoms with Gasteiger partial charge in [-0.05, 0) is 35.1 Å². The summed E-state index contributed by atoms with van der Waals surface area (Å²) in [6.07, 6.45) is 2.57. The highest BCUT2D eigenvalue weighted by Crippen LogP contribution is 2.26. The predicted octanol–water partition coefficient (Wildman–Crippen LogP) is 2.75. The van der Waals surface area contributed by atoms with E-state index in [0.717, 1.165) is 15.6 Å². The monoisotopic (exact) mass is 296 g/mol. The molecular weight excluding hydrogens is 286 g/mol. The fourth-order valence-electron chi connectivity index (χ4n) is 0.960. The minimum atomic E-state index is -0.00176. The maximum absolute atomic E-state index is 5.91. The number of halogens is 2. The normalized spacial score (nSPS) is 13.0. The Bertz CT molecular complexity index is 258. The Morgan fingerprint density at radius 3 is 2.92 bits per heavy atom. The molecule has 66 valence electrons. The minimum Gasteiger partial charge on any atom is -0.324 e. The lowest BCUT2D eigenvalue weighted by atomic mass is 10.1. The molecule has 0 aliphatic carbocycles. The van der Waals surface area contributed by atoms with Crippen molar-refractivity contribution in [2.45, 2.75) is 19.4 Å². The number of hydrogen-bond acceptors (Lipinski definition) is 2. The third kappa shape index (κ3) is 2.08. The molecule has 0 aliphatic heterocycles. The molecule has 0 radical (unpaired) electrons. The van der Waals surface area contributed by atoms with Crippen LogP contribution in [-0.4, -0.2) is 4.98 Å². The molecule has 1 aromatic heterocycles. The Labute approximate surface area is 90.7 Å². The average molecular weight is 297 g/mol. The Balaban J connectivity index is 3.12. The summed E-state index contributed by atoms with van der Waals surface area (Å²) in [5.41, 5.74) is 6.83. The standard InChI is InChI=1S/C8H10ClIN2/c1-2-6(11)7-5(10)3-4-12-8(7)9/h3-4,6H,2,11H2,1H3/t6-/m1/s1. The van der Waals surface area contributed by atoms with E-state index < -0.39 is 0 Å². The van der Waals surface area contributed by atoms with Crippen LogP contribution < -0.4 is 5.73 Å². The van der Waals surface area contributed by atoms with Gasteiger partial charge in [-0.15, -0.1) is 0 Å². The fraction of sp³-hybridized carbons (Fsp3) is 0.375. The second-order valence-corrected chi connectivity index (χ2v) is 4.03. The molecule has 0 amide bonds. The number of rotatable bonds is 2. The topological polar surface area (TPSA) is 38.9 Å². The van der Waals surface area contributed by atoms with Gasteiger partial charge in [0.1, 0.15) is 5.15 Å². The maximum Gasteiger partial charge on any atom is 0.134 e. The van der Waals surface area contributed by atoms with Crippen molar-refractivity contribution in [3.05, 3.63) is 26.5 Å². The van der Waals surface area contributed by atoms with Gasteiger partial charge in [0, 0.05) is 21.4 Å². The van der Waals surface area contributed by atoms with E-state index in [2.05, 4.69) is 27.6 Å². The highest BCUT2D eigenvalue weighted by molar-refractivity contribution is 14.1. The minimum absolute atomic E-state index is 0.00176. The second-order valence-electron chi connectivity index (χ2n) is 2.51. The zero-order valence-corrected chi connectivity index (χ0v) is 9.63. The van der Waals surface area contributed by atoms with Crippen LogP contribution in [0.3, 0.4) is 0 Å². The largest absolute Gasteiger partial charge is 0.324 e. The molecule has 0 unspecified atom stereocenters. The number of aromatic nitrogens is 1. The van der Waals surface area contributed by atoms with Gasteiger partial charge in [-0.1, -0.05) is 18.5 Å². The van der Waals surface area contributed by atoms with Gasteiger partial charge in [0.15, 0.2) is 0 Å². The molecule has 0 bridgehead atoms. The SMILES string of the molecule is CC[C@@H](N)c1c(I)ccnc1Cl. The van der Waals surface area contributed by atoms with E-state index in [1.807, 2.05) is 13.0 Å². The van der Waals surface area contributed by atoms with Crippen LogP contribution in [-0.2, 0) is 0 Å². The third-order valence-electron chi connectivity index (χ3n) is 1.70.